The van der Waals surface area contributed by atoms with E-state index in [0.29, 0.717) is 5.75 Å². The molecule has 0 saturated heterocycles. The lowest BCUT2D eigenvalue weighted by Gasteiger charge is -2.17. The molecule has 0 aliphatic rings. The van der Waals surface area contributed by atoms with Gasteiger partial charge in [0.05, 0.1) is 7.11 Å². The molecule has 0 heterocycles. The molecule has 0 amide bonds. The van der Waals surface area contributed by atoms with Crippen LogP contribution in [0.25, 0.3) is 33.0 Å². The molecule has 0 fully saturated rings. The van der Waals surface area contributed by atoms with Crippen molar-refractivity contribution >= 4 is 10.8 Å². The molecular weight excluding hydrogens is 332 g/mol. The molecule has 0 saturated carbocycles. The fourth-order valence-electron chi connectivity index (χ4n) is 3.71. The Hall–Kier alpha value is -3.26. The minimum Gasteiger partial charge on any atom is -0.508 e. The fourth-order valence-corrected chi connectivity index (χ4v) is 3.71. The van der Waals surface area contributed by atoms with Crippen LogP contribution < -0.4 is 4.74 Å². The van der Waals surface area contributed by atoms with E-state index < -0.39 is 0 Å². The molecule has 0 unspecified atom stereocenters. The highest BCUT2D eigenvalue weighted by atomic mass is 16.5. The average Bonchev–Trinajstić information content (AvgIpc) is 2.70. The summed E-state index contributed by atoms with van der Waals surface area (Å²) in [5.74, 6) is 1.17. The SMILES string of the molecule is COc1ccc(-c2cc3ccccc3c(C)c2-c2ccc(O)c(C)c2)cc1. The van der Waals surface area contributed by atoms with Crippen molar-refractivity contribution in [3.8, 4) is 33.8 Å². The minimum atomic E-state index is 0.322. The van der Waals surface area contributed by atoms with E-state index in [1.807, 2.05) is 25.1 Å². The standard InChI is InChI=1S/C25H22O2/c1-16-14-20(10-13-24(16)26)25-17(2)22-7-5-4-6-19(22)15-23(25)18-8-11-21(27-3)12-9-18/h4-15,26H,1-3H3. The van der Waals surface area contributed by atoms with Gasteiger partial charge in [-0.25, -0.2) is 0 Å². The molecule has 4 aromatic rings. The smallest absolute Gasteiger partial charge is 0.118 e. The molecule has 2 heteroatoms. The second kappa shape index (κ2) is 6.81. The molecule has 0 aliphatic carbocycles. The average molecular weight is 354 g/mol. The van der Waals surface area contributed by atoms with Crippen LogP contribution in [-0.4, -0.2) is 12.2 Å². The summed E-state index contributed by atoms with van der Waals surface area (Å²) in [6, 6.07) is 24.7. The predicted molar refractivity (Wildman–Crippen MR) is 113 cm³/mol. The fraction of sp³-hybridized carbons (Fsp3) is 0.120. The Balaban J connectivity index is 2.04. The van der Waals surface area contributed by atoms with Gasteiger partial charge in [-0.1, -0.05) is 42.5 Å². The van der Waals surface area contributed by atoms with Crippen LogP contribution in [0.5, 0.6) is 11.5 Å². The highest BCUT2D eigenvalue weighted by molar-refractivity contribution is 6.00. The molecule has 27 heavy (non-hydrogen) atoms. The zero-order valence-corrected chi connectivity index (χ0v) is 15.8. The molecule has 0 aromatic heterocycles. The highest BCUT2D eigenvalue weighted by Gasteiger charge is 2.15. The second-order valence-electron chi connectivity index (χ2n) is 6.88. The van der Waals surface area contributed by atoms with E-state index in [1.165, 1.54) is 27.5 Å². The van der Waals surface area contributed by atoms with Gasteiger partial charge in [0.1, 0.15) is 11.5 Å². The van der Waals surface area contributed by atoms with Crippen LogP contribution in [0.15, 0.2) is 72.8 Å². The zero-order valence-electron chi connectivity index (χ0n) is 15.8. The van der Waals surface area contributed by atoms with Gasteiger partial charge in [0.2, 0.25) is 0 Å². The maximum absolute atomic E-state index is 9.96. The van der Waals surface area contributed by atoms with Crippen molar-refractivity contribution in [2.24, 2.45) is 0 Å². The Morgan fingerprint density at radius 2 is 1.48 bits per heavy atom. The van der Waals surface area contributed by atoms with Crippen LogP contribution in [-0.2, 0) is 0 Å². The molecule has 0 radical (unpaired) electrons. The van der Waals surface area contributed by atoms with Gasteiger partial charge in [0.25, 0.3) is 0 Å². The summed E-state index contributed by atoms with van der Waals surface area (Å²) in [5.41, 5.74) is 6.75. The quantitative estimate of drug-likeness (QED) is 0.455. The van der Waals surface area contributed by atoms with Crippen LogP contribution in [0.4, 0.5) is 0 Å². The number of aromatic hydroxyl groups is 1. The summed E-state index contributed by atoms with van der Waals surface area (Å²) in [6.45, 7) is 4.11. The van der Waals surface area contributed by atoms with Crippen LogP contribution in [0.1, 0.15) is 11.1 Å². The van der Waals surface area contributed by atoms with E-state index in [4.69, 9.17) is 4.74 Å². The first-order valence-corrected chi connectivity index (χ1v) is 9.05. The first kappa shape index (κ1) is 17.2. The lowest BCUT2D eigenvalue weighted by atomic mass is 9.87. The predicted octanol–water partition coefficient (Wildman–Crippen LogP) is 6.50. The Kier molecular flexibility index (Phi) is 4.33. The van der Waals surface area contributed by atoms with Crippen molar-refractivity contribution in [2.45, 2.75) is 13.8 Å². The van der Waals surface area contributed by atoms with Gasteiger partial charge < -0.3 is 9.84 Å². The van der Waals surface area contributed by atoms with Crippen LogP contribution in [0, 0.1) is 13.8 Å². The monoisotopic (exact) mass is 354 g/mol. The third-order valence-corrected chi connectivity index (χ3v) is 5.20. The number of hydrogen-bond donors (Lipinski definition) is 1. The molecule has 4 rings (SSSR count). The number of ether oxygens (including phenoxy) is 1. The van der Waals surface area contributed by atoms with E-state index in [2.05, 4.69) is 55.5 Å². The Morgan fingerprint density at radius 1 is 0.778 bits per heavy atom. The van der Waals surface area contributed by atoms with E-state index in [1.54, 1.807) is 13.2 Å². The van der Waals surface area contributed by atoms with Gasteiger partial charge in [0.15, 0.2) is 0 Å². The number of methoxy groups -OCH3 is 1. The van der Waals surface area contributed by atoms with Gasteiger partial charge >= 0.3 is 0 Å². The summed E-state index contributed by atoms with van der Waals surface area (Å²) in [4.78, 5) is 0. The summed E-state index contributed by atoms with van der Waals surface area (Å²) < 4.78 is 5.32. The van der Waals surface area contributed by atoms with E-state index in [-0.39, 0.29) is 0 Å². The molecule has 0 atom stereocenters. The molecule has 0 bridgehead atoms. The molecule has 4 aromatic carbocycles. The Morgan fingerprint density at radius 3 is 2.19 bits per heavy atom. The number of phenols is 1. The first-order chi connectivity index (χ1) is 13.1. The molecule has 0 spiro atoms. The van der Waals surface area contributed by atoms with Crippen molar-refractivity contribution in [3.05, 3.63) is 83.9 Å². The topological polar surface area (TPSA) is 29.5 Å². The van der Waals surface area contributed by atoms with Gasteiger partial charge in [-0.2, -0.15) is 0 Å². The van der Waals surface area contributed by atoms with E-state index >= 15 is 0 Å². The number of benzene rings is 4. The Labute approximate surface area is 159 Å². The summed E-state index contributed by atoms with van der Waals surface area (Å²) >= 11 is 0. The molecule has 0 aliphatic heterocycles. The van der Waals surface area contributed by atoms with Crippen molar-refractivity contribution in [1.29, 1.82) is 0 Å². The van der Waals surface area contributed by atoms with E-state index in [9.17, 15) is 5.11 Å². The van der Waals surface area contributed by atoms with E-state index in [0.717, 1.165) is 22.4 Å². The number of rotatable bonds is 3. The second-order valence-corrected chi connectivity index (χ2v) is 6.88. The number of hydrogen-bond acceptors (Lipinski definition) is 2. The lowest BCUT2D eigenvalue weighted by Crippen LogP contribution is -1.93. The zero-order chi connectivity index (χ0) is 19.0. The van der Waals surface area contributed by atoms with Crippen LogP contribution in [0.3, 0.4) is 0 Å². The largest absolute Gasteiger partial charge is 0.508 e. The van der Waals surface area contributed by atoms with Crippen molar-refractivity contribution in [1.82, 2.24) is 0 Å². The van der Waals surface area contributed by atoms with Crippen LogP contribution in [0.2, 0.25) is 0 Å². The van der Waals surface area contributed by atoms with Gasteiger partial charge in [0, 0.05) is 0 Å². The highest BCUT2D eigenvalue weighted by Crippen LogP contribution is 2.40. The minimum absolute atomic E-state index is 0.322. The van der Waals surface area contributed by atoms with Crippen molar-refractivity contribution < 1.29 is 9.84 Å². The summed E-state index contributed by atoms with van der Waals surface area (Å²) in [6.07, 6.45) is 0. The number of phenolic OH excluding ortho intramolecular Hbond substituents is 1. The van der Waals surface area contributed by atoms with Gasteiger partial charge in [-0.15, -0.1) is 0 Å². The molecule has 134 valence electrons. The van der Waals surface area contributed by atoms with Crippen LogP contribution >= 0.6 is 0 Å². The maximum Gasteiger partial charge on any atom is 0.118 e. The normalized spacial score (nSPS) is 10.9. The molecule has 2 nitrogen and oxygen atoms in total. The number of aryl methyl sites for hydroxylation is 2. The molecular formula is C25H22O2. The summed E-state index contributed by atoms with van der Waals surface area (Å²) in [7, 11) is 1.68. The summed E-state index contributed by atoms with van der Waals surface area (Å²) in [5, 5.41) is 12.4. The van der Waals surface area contributed by atoms with Gasteiger partial charge in [-0.05, 0) is 88.3 Å². The third kappa shape index (κ3) is 3.04. The third-order valence-electron chi connectivity index (χ3n) is 5.20. The maximum atomic E-state index is 9.96. The Bertz CT molecular complexity index is 1130. The number of fused-ring (bicyclic) bond motifs is 1. The molecule has 1 N–H and O–H groups in total. The van der Waals surface area contributed by atoms with Crippen molar-refractivity contribution in [3.63, 3.8) is 0 Å². The lowest BCUT2D eigenvalue weighted by molar-refractivity contribution is 0.415. The van der Waals surface area contributed by atoms with Gasteiger partial charge in [-0.3, -0.25) is 0 Å². The van der Waals surface area contributed by atoms with Crippen molar-refractivity contribution in [2.75, 3.05) is 7.11 Å². The first-order valence-electron chi connectivity index (χ1n) is 9.05.